The molecule has 0 aliphatic carbocycles. The van der Waals surface area contributed by atoms with Gasteiger partial charge >= 0.3 is 0 Å². The van der Waals surface area contributed by atoms with Crippen molar-refractivity contribution in [3.8, 4) is 0 Å². The summed E-state index contributed by atoms with van der Waals surface area (Å²) in [5.41, 5.74) is 0.897. The van der Waals surface area contributed by atoms with Crippen molar-refractivity contribution in [1.29, 1.82) is 0 Å². The van der Waals surface area contributed by atoms with Gasteiger partial charge in [0.2, 0.25) is 10.0 Å². The molecule has 4 nitrogen and oxygen atoms in total. The summed E-state index contributed by atoms with van der Waals surface area (Å²) in [4.78, 5) is 2.40. The Morgan fingerprint density at radius 1 is 1.32 bits per heavy atom. The van der Waals surface area contributed by atoms with Crippen LogP contribution < -0.4 is 0 Å². The molecule has 5 heteroatoms. The summed E-state index contributed by atoms with van der Waals surface area (Å²) < 4.78 is 26.5. The van der Waals surface area contributed by atoms with Crippen molar-refractivity contribution in [2.45, 2.75) is 38.8 Å². The van der Waals surface area contributed by atoms with Gasteiger partial charge in [-0.3, -0.25) is 0 Å². The maximum atomic E-state index is 12.5. The van der Waals surface area contributed by atoms with Crippen molar-refractivity contribution in [2.24, 2.45) is 0 Å². The van der Waals surface area contributed by atoms with Gasteiger partial charge in [0.25, 0.3) is 0 Å². The smallest absolute Gasteiger partial charge is 0.236 e. The van der Waals surface area contributed by atoms with E-state index < -0.39 is 10.0 Å². The van der Waals surface area contributed by atoms with Gasteiger partial charge < -0.3 is 4.90 Å². The zero-order valence-corrected chi connectivity index (χ0v) is 14.5. The number of sulfonamides is 1. The molecule has 0 unspecified atom stereocenters. The zero-order valence-electron chi connectivity index (χ0n) is 13.6. The molecule has 2 atom stereocenters. The fourth-order valence-electron chi connectivity index (χ4n) is 3.03. The van der Waals surface area contributed by atoms with Crippen LogP contribution in [0, 0.1) is 0 Å². The van der Waals surface area contributed by atoms with Gasteiger partial charge in [0.15, 0.2) is 0 Å². The Kier molecular flexibility index (Phi) is 5.78. The first-order valence-electron chi connectivity index (χ1n) is 7.89. The first-order valence-corrected chi connectivity index (χ1v) is 9.39. The number of likely N-dealkylation sites (tertiary alicyclic amines) is 1. The zero-order chi connectivity index (χ0) is 16.2. The third-order valence-corrected chi connectivity index (χ3v) is 6.12. The molecule has 0 amide bonds. The molecular formula is C17H26N2O2S. The molecule has 1 aliphatic heterocycles. The average molecular weight is 322 g/mol. The van der Waals surface area contributed by atoms with E-state index in [0.29, 0.717) is 6.04 Å². The number of benzene rings is 1. The highest BCUT2D eigenvalue weighted by Gasteiger charge is 2.31. The van der Waals surface area contributed by atoms with Crippen molar-refractivity contribution < 1.29 is 8.42 Å². The van der Waals surface area contributed by atoms with Crippen LogP contribution in [0.15, 0.2) is 35.7 Å². The Hall–Kier alpha value is -1.17. The number of rotatable bonds is 5. The van der Waals surface area contributed by atoms with Crippen LogP contribution in [0.3, 0.4) is 0 Å². The molecule has 0 N–H and O–H groups in total. The topological polar surface area (TPSA) is 40.6 Å². The SMILES string of the molecule is CCN1CC[C@@H](N(C)S(=O)(=O)/C=C/c2ccccc2)C[C@@H]1C. The lowest BCUT2D eigenvalue weighted by Crippen LogP contribution is -2.48. The molecule has 1 saturated heterocycles. The first kappa shape index (κ1) is 17.2. The Bertz CT molecular complexity index is 598. The minimum absolute atomic E-state index is 0.0863. The minimum Gasteiger partial charge on any atom is -0.301 e. The number of nitrogens with zero attached hydrogens (tertiary/aromatic N) is 2. The molecular weight excluding hydrogens is 296 g/mol. The summed E-state index contributed by atoms with van der Waals surface area (Å²) in [6.45, 7) is 6.32. The summed E-state index contributed by atoms with van der Waals surface area (Å²) in [5.74, 6) is 0. The average Bonchev–Trinajstić information content (AvgIpc) is 2.53. The highest BCUT2D eigenvalue weighted by atomic mass is 32.2. The van der Waals surface area contributed by atoms with Crippen molar-refractivity contribution in [3.05, 3.63) is 41.3 Å². The van der Waals surface area contributed by atoms with Gasteiger partial charge in [-0.25, -0.2) is 8.42 Å². The van der Waals surface area contributed by atoms with Crippen LogP contribution in [0.2, 0.25) is 0 Å². The molecule has 1 fully saturated rings. The van der Waals surface area contributed by atoms with Crippen LogP contribution in [0.4, 0.5) is 0 Å². The summed E-state index contributed by atoms with van der Waals surface area (Å²) in [7, 11) is -1.67. The number of hydrogen-bond acceptors (Lipinski definition) is 3. The first-order chi connectivity index (χ1) is 10.4. The van der Waals surface area contributed by atoms with Crippen molar-refractivity contribution in [2.75, 3.05) is 20.1 Å². The molecule has 0 bridgehead atoms. The molecule has 2 rings (SSSR count). The van der Waals surface area contributed by atoms with Gasteiger partial charge in [0.05, 0.1) is 0 Å². The number of piperidine rings is 1. The minimum atomic E-state index is -3.37. The van der Waals surface area contributed by atoms with E-state index >= 15 is 0 Å². The van der Waals surface area contributed by atoms with E-state index in [1.54, 1.807) is 13.1 Å². The lowest BCUT2D eigenvalue weighted by molar-refractivity contribution is 0.122. The Morgan fingerprint density at radius 2 is 2.00 bits per heavy atom. The fraction of sp³-hybridized carbons (Fsp3) is 0.529. The molecule has 1 heterocycles. The third kappa shape index (κ3) is 4.18. The van der Waals surface area contributed by atoms with Crippen LogP contribution in [-0.2, 0) is 10.0 Å². The van der Waals surface area contributed by atoms with E-state index in [2.05, 4.69) is 18.7 Å². The van der Waals surface area contributed by atoms with Crippen LogP contribution in [0.1, 0.15) is 32.3 Å². The Labute approximate surface area is 134 Å². The summed E-state index contributed by atoms with van der Waals surface area (Å²) in [5, 5.41) is 1.32. The molecule has 0 saturated carbocycles. The number of hydrogen-bond donors (Lipinski definition) is 0. The molecule has 0 radical (unpaired) electrons. The predicted octanol–water partition coefficient (Wildman–Crippen LogP) is 2.79. The van der Waals surface area contributed by atoms with Crippen LogP contribution in [-0.4, -0.2) is 49.8 Å². The Balaban J connectivity index is 2.05. The van der Waals surface area contributed by atoms with Gasteiger partial charge in [-0.15, -0.1) is 0 Å². The van der Waals surface area contributed by atoms with Crippen molar-refractivity contribution in [1.82, 2.24) is 9.21 Å². The molecule has 122 valence electrons. The van der Waals surface area contributed by atoms with Crippen LogP contribution >= 0.6 is 0 Å². The lowest BCUT2D eigenvalue weighted by Gasteiger charge is -2.39. The second kappa shape index (κ2) is 7.40. The van der Waals surface area contributed by atoms with E-state index in [4.69, 9.17) is 0 Å². The second-order valence-electron chi connectivity index (χ2n) is 5.93. The molecule has 22 heavy (non-hydrogen) atoms. The van der Waals surface area contributed by atoms with E-state index in [1.807, 2.05) is 30.3 Å². The van der Waals surface area contributed by atoms with Crippen molar-refractivity contribution >= 4 is 16.1 Å². The monoisotopic (exact) mass is 322 g/mol. The van der Waals surface area contributed by atoms with Gasteiger partial charge in [0, 0.05) is 24.5 Å². The summed E-state index contributed by atoms with van der Waals surface area (Å²) >= 11 is 0. The normalized spacial score (nSPS) is 24.2. The molecule has 1 aromatic rings. The highest BCUT2D eigenvalue weighted by Crippen LogP contribution is 2.23. The van der Waals surface area contributed by atoms with E-state index in [-0.39, 0.29) is 6.04 Å². The standard InChI is InChI=1S/C17H26N2O2S/c1-4-19-12-10-17(14-15(19)2)18(3)22(20,21)13-11-16-8-6-5-7-9-16/h5-9,11,13,15,17H,4,10,12,14H2,1-3H3/b13-11+/t15-,17+/m0/s1. The van der Waals surface area contributed by atoms with Crippen molar-refractivity contribution in [3.63, 3.8) is 0 Å². The summed E-state index contributed by atoms with van der Waals surface area (Å²) in [6.07, 6.45) is 3.45. The van der Waals surface area contributed by atoms with E-state index in [1.165, 1.54) is 9.71 Å². The molecule has 0 aromatic heterocycles. The largest absolute Gasteiger partial charge is 0.301 e. The van der Waals surface area contributed by atoms with E-state index in [9.17, 15) is 8.42 Å². The second-order valence-corrected chi connectivity index (χ2v) is 7.81. The molecule has 0 spiro atoms. The van der Waals surface area contributed by atoms with Gasteiger partial charge in [-0.2, -0.15) is 4.31 Å². The maximum Gasteiger partial charge on any atom is 0.236 e. The fourth-order valence-corrected chi connectivity index (χ4v) is 4.16. The summed E-state index contributed by atoms with van der Waals surface area (Å²) in [6, 6.07) is 10.0. The third-order valence-electron chi connectivity index (χ3n) is 4.54. The quantitative estimate of drug-likeness (QED) is 0.837. The lowest BCUT2D eigenvalue weighted by atomic mass is 9.99. The molecule has 1 aliphatic rings. The molecule has 1 aromatic carbocycles. The highest BCUT2D eigenvalue weighted by molar-refractivity contribution is 7.92. The predicted molar refractivity (Wildman–Crippen MR) is 91.9 cm³/mol. The Morgan fingerprint density at radius 3 is 2.59 bits per heavy atom. The van der Waals surface area contributed by atoms with Gasteiger partial charge in [-0.1, -0.05) is 37.3 Å². The van der Waals surface area contributed by atoms with E-state index in [0.717, 1.165) is 31.5 Å². The van der Waals surface area contributed by atoms with Gasteiger partial charge in [0.1, 0.15) is 0 Å². The maximum absolute atomic E-state index is 12.5. The van der Waals surface area contributed by atoms with Crippen LogP contribution in [0.25, 0.3) is 6.08 Å². The van der Waals surface area contributed by atoms with Gasteiger partial charge in [-0.05, 0) is 44.5 Å². The van der Waals surface area contributed by atoms with Crippen LogP contribution in [0.5, 0.6) is 0 Å².